The lowest BCUT2D eigenvalue weighted by Gasteiger charge is -2.32. The van der Waals surface area contributed by atoms with Crippen molar-refractivity contribution in [3.05, 3.63) is 30.4 Å². The fourth-order valence-electron chi connectivity index (χ4n) is 3.89. The Morgan fingerprint density at radius 3 is 2.90 bits per heavy atom. The number of aliphatic hydroxyl groups is 2. The fourth-order valence-corrected chi connectivity index (χ4v) is 3.89. The molecule has 0 aromatic heterocycles. The molecule has 1 aromatic carbocycles. The largest absolute Gasteiger partial charge is 0.482 e. The highest BCUT2D eigenvalue weighted by molar-refractivity contribution is 5.68. The van der Waals surface area contributed by atoms with E-state index in [2.05, 4.69) is 6.92 Å². The van der Waals surface area contributed by atoms with Crippen LogP contribution in [0.2, 0.25) is 0 Å². The maximum Gasteiger partial charge on any atom is 0.341 e. The molecule has 1 aromatic rings. The summed E-state index contributed by atoms with van der Waals surface area (Å²) in [4.78, 5) is 10.8. The van der Waals surface area contributed by atoms with Crippen molar-refractivity contribution >= 4 is 5.97 Å². The molecule has 1 heterocycles. The molecule has 0 spiro atoms. The van der Waals surface area contributed by atoms with E-state index >= 15 is 0 Å². The van der Waals surface area contributed by atoms with E-state index in [1.807, 2.05) is 13.0 Å². The van der Waals surface area contributed by atoms with Crippen molar-refractivity contribution in [2.75, 3.05) is 6.61 Å². The van der Waals surface area contributed by atoms with Gasteiger partial charge < -0.3 is 29.5 Å². The second-order valence-corrected chi connectivity index (χ2v) is 7.88. The molecular formula is C22H30O7. The summed E-state index contributed by atoms with van der Waals surface area (Å²) in [5.41, 5.74) is 0. The summed E-state index contributed by atoms with van der Waals surface area (Å²) < 4.78 is 17.4. The minimum Gasteiger partial charge on any atom is -0.482 e. The highest BCUT2D eigenvalue weighted by atomic mass is 16.6. The van der Waals surface area contributed by atoms with Gasteiger partial charge in [0, 0.05) is 12.3 Å². The van der Waals surface area contributed by atoms with Crippen LogP contribution in [-0.4, -0.2) is 52.3 Å². The van der Waals surface area contributed by atoms with Crippen LogP contribution in [0.25, 0.3) is 0 Å². The number of carbonyl (C=O) groups is 1. The number of para-hydroxylation sites is 1. The van der Waals surface area contributed by atoms with Gasteiger partial charge in [-0.25, -0.2) is 4.79 Å². The Labute approximate surface area is 170 Å². The van der Waals surface area contributed by atoms with E-state index in [-0.39, 0.29) is 24.0 Å². The average molecular weight is 406 g/mol. The van der Waals surface area contributed by atoms with E-state index < -0.39 is 24.8 Å². The van der Waals surface area contributed by atoms with E-state index in [0.29, 0.717) is 23.7 Å². The molecule has 2 aliphatic rings. The molecule has 160 valence electrons. The van der Waals surface area contributed by atoms with Crippen LogP contribution in [0.5, 0.6) is 17.2 Å². The molecule has 6 unspecified atom stereocenters. The molecule has 0 radical (unpaired) electrons. The lowest BCUT2D eigenvalue weighted by molar-refractivity contribution is -0.139. The number of fused-ring (bicyclic) bond motifs is 2. The highest BCUT2D eigenvalue weighted by Gasteiger charge is 2.47. The van der Waals surface area contributed by atoms with Gasteiger partial charge in [0.05, 0.1) is 12.2 Å². The van der Waals surface area contributed by atoms with Crippen molar-refractivity contribution in [3.8, 4) is 17.2 Å². The Bertz CT molecular complexity index is 732. The molecule has 3 N–H and O–H groups in total. The second kappa shape index (κ2) is 9.50. The summed E-state index contributed by atoms with van der Waals surface area (Å²) in [6.45, 7) is 3.67. The number of carboxylic acid groups (broad SMARTS) is 1. The maximum absolute atomic E-state index is 10.8. The second-order valence-electron chi connectivity index (χ2n) is 7.88. The Morgan fingerprint density at radius 1 is 1.38 bits per heavy atom. The zero-order chi connectivity index (χ0) is 21.0. The molecule has 6 atom stereocenters. The smallest absolute Gasteiger partial charge is 0.341 e. The van der Waals surface area contributed by atoms with Crippen molar-refractivity contribution in [1.29, 1.82) is 0 Å². The number of benzene rings is 1. The van der Waals surface area contributed by atoms with Crippen molar-refractivity contribution < 1.29 is 34.3 Å². The average Bonchev–Trinajstić information content (AvgIpc) is 3.00. The molecule has 0 amide bonds. The number of unbranched alkanes of at least 4 members (excludes halogenated alkanes) is 1. The third kappa shape index (κ3) is 5.03. The predicted octanol–water partition coefficient (Wildman–Crippen LogP) is 2.78. The molecule has 1 aliphatic heterocycles. The lowest BCUT2D eigenvalue weighted by Crippen LogP contribution is -2.39. The van der Waals surface area contributed by atoms with Crippen LogP contribution in [-0.2, 0) is 4.79 Å². The van der Waals surface area contributed by atoms with E-state index in [1.165, 1.54) is 0 Å². The molecule has 7 nitrogen and oxygen atoms in total. The number of hydrogen-bond donors (Lipinski definition) is 3. The first-order chi connectivity index (χ1) is 13.9. The van der Waals surface area contributed by atoms with Crippen LogP contribution in [0.3, 0.4) is 0 Å². The summed E-state index contributed by atoms with van der Waals surface area (Å²) in [5.74, 6) is -0.107. The molecule has 0 saturated heterocycles. The van der Waals surface area contributed by atoms with Crippen LogP contribution in [0.15, 0.2) is 30.4 Å². The number of aliphatic carboxylic acids is 1. The molecule has 1 fully saturated rings. The molecule has 0 bridgehead atoms. The van der Waals surface area contributed by atoms with Crippen molar-refractivity contribution in [1.82, 2.24) is 0 Å². The van der Waals surface area contributed by atoms with Gasteiger partial charge in [-0.15, -0.1) is 0 Å². The summed E-state index contributed by atoms with van der Waals surface area (Å²) in [6.07, 6.45) is 5.10. The van der Waals surface area contributed by atoms with Crippen LogP contribution < -0.4 is 14.2 Å². The number of aliphatic hydroxyl groups excluding tert-OH is 2. The Hall–Kier alpha value is -2.25. The van der Waals surface area contributed by atoms with Gasteiger partial charge in [-0.05, 0) is 24.5 Å². The summed E-state index contributed by atoms with van der Waals surface area (Å²) in [5, 5.41) is 29.7. The van der Waals surface area contributed by atoms with E-state index in [1.54, 1.807) is 24.3 Å². The normalized spacial score (nSPS) is 27.4. The van der Waals surface area contributed by atoms with Gasteiger partial charge >= 0.3 is 5.97 Å². The lowest BCUT2D eigenvalue weighted by atomic mass is 9.95. The van der Waals surface area contributed by atoms with Crippen LogP contribution >= 0.6 is 0 Å². The van der Waals surface area contributed by atoms with Crippen LogP contribution in [0.4, 0.5) is 0 Å². The van der Waals surface area contributed by atoms with Gasteiger partial charge in [0.2, 0.25) is 5.75 Å². The zero-order valence-corrected chi connectivity index (χ0v) is 16.9. The van der Waals surface area contributed by atoms with Crippen LogP contribution in [0, 0.1) is 11.8 Å². The monoisotopic (exact) mass is 406 g/mol. The summed E-state index contributed by atoms with van der Waals surface area (Å²) in [6, 6.07) is 5.06. The maximum atomic E-state index is 10.8. The molecule has 1 aliphatic carbocycles. The summed E-state index contributed by atoms with van der Waals surface area (Å²) >= 11 is 0. The van der Waals surface area contributed by atoms with Crippen molar-refractivity contribution in [2.24, 2.45) is 11.8 Å². The first kappa shape index (κ1) is 21.5. The van der Waals surface area contributed by atoms with Gasteiger partial charge in [0.25, 0.3) is 0 Å². The highest BCUT2D eigenvalue weighted by Crippen LogP contribution is 2.46. The Morgan fingerprint density at radius 2 is 2.17 bits per heavy atom. The first-order valence-electron chi connectivity index (χ1n) is 10.3. The molecule has 7 heteroatoms. The number of ether oxygens (including phenoxy) is 3. The molecular weight excluding hydrogens is 376 g/mol. The third-order valence-corrected chi connectivity index (χ3v) is 5.62. The van der Waals surface area contributed by atoms with Crippen molar-refractivity contribution in [2.45, 2.75) is 63.9 Å². The molecule has 3 rings (SSSR count). The Balaban J connectivity index is 1.71. The SMILES string of the molecule is CCCCC(C)C(O)C=CC1C(O)CC2Oc3c(OCC(=O)O)cccc3OC21. The third-order valence-electron chi connectivity index (χ3n) is 5.62. The summed E-state index contributed by atoms with van der Waals surface area (Å²) in [7, 11) is 0. The van der Waals surface area contributed by atoms with Gasteiger partial charge in [-0.1, -0.05) is 44.9 Å². The fraction of sp³-hybridized carbons (Fsp3) is 0.591. The predicted molar refractivity (Wildman–Crippen MR) is 106 cm³/mol. The minimum absolute atomic E-state index is 0.152. The van der Waals surface area contributed by atoms with Gasteiger partial charge in [-0.2, -0.15) is 0 Å². The number of hydrogen-bond acceptors (Lipinski definition) is 6. The van der Waals surface area contributed by atoms with E-state index in [9.17, 15) is 15.0 Å². The number of rotatable bonds is 9. The van der Waals surface area contributed by atoms with Gasteiger partial charge in [-0.3, -0.25) is 0 Å². The minimum atomic E-state index is -1.08. The van der Waals surface area contributed by atoms with Crippen molar-refractivity contribution in [3.63, 3.8) is 0 Å². The molecule has 1 saturated carbocycles. The molecule has 29 heavy (non-hydrogen) atoms. The quantitative estimate of drug-likeness (QED) is 0.542. The standard InChI is InChI=1S/C22H30O7/c1-3-4-6-13(2)15(23)10-9-14-16(24)11-19-21(14)28-18-8-5-7-17(22(18)29-19)27-12-20(25)26/h5,7-10,13-16,19,21,23-24H,3-4,6,11-12H2,1-2H3,(H,25,26). The van der Waals surface area contributed by atoms with Gasteiger partial charge in [0.1, 0.15) is 12.2 Å². The first-order valence-corrected chi connectivity index (χ1v) is 10.3. The van der Waals surface area contributed by atoms with Gasteiger partial charge in [0.15, 0.2) is 18.1 Å². The topological polar surface area (TPSA) is 105 Å². The van der Waals surface area contributed by atoms with Crippen LogP contribution in [0.1, 0.15) is 39.5 Å². The van der Waals surface area contributed by atoms with E-state index in [0.717, 1.165) is 19.3 Å². The zero-order valence-electron chi connectivity index (χ0n) is 16.9. The Kier molecular flexibility index (Phi) is 7.03. The van der Waals surface area contributed by atoms with E-state index in [4.69, 9.17) is 19.3 Å². The number of carboxylic acids is 1.